The van der Waals surface area contributed by atoms with Crippen LogP contribution in [-0.4, -0.2) is 31.8 Å². The van der Waals surface area contributed by atoms with Crippen LogP contribution in [0.1, 0.15) is 37.6 Å². The zero-order valence-corrected chi connectivity index (χ0v) is 16.8. The highest BCUT2D eigenvalue weighted by Gasteiger charge is 2.11. The molecule has 28 heavy (non-hydrogen) atoms. The van der Waals surface area contributed by atoms with Crippen LogP contribution in [0.3, 0.4) is 0 Å². The number of amides is 2. The number of carbonyl (C=O) groups excluding carboxylic acids is 3. The fraction of sp³-hybridized carbons (Fsp3) is 0.286. The minimum atomic E-state index is -0.210. The fourth-order valence-corrected chi connectivity index (χ4v) is 2.28. The number of carbonyl (C=O) groups is 3. The standard InChI is InChI=1S/C12H15NO3.C9H11NO2/c1-4-12(15)10-6-5-9(16-3)7-11(10)13-8(2)14;1-7(11)10-8-4-3-5-9(6-8)12-2/h5-7H,4H2,1-3H3,(H,13,14);3-6H,1-2H3,(H,10,11). The molecule has 7 heteroatoms. The lowest BCUT2D eigenvalue weighted by atomic mass is 10.1. The number of benzene rings is 2. The van der Waals surface area contributed by atoms with Gasteiger partial charge in [-0.25, -0.2) is 0 Å². The molecule has 0 aliphatic rings. The first-order chi connectivity index (χ1) is 13.3. The first-order valence-corrected chi connectivity index (χ1v) is 8.71. The first kappa shape index (κ1) is 22.7. The van der Waals surface area contributed by atoms with Gasteiger partial charge in [0.25, 0.3) is 0 Å². The molecular formula is C21H26N2O5. The molecule has 0 atom stereocenters. The van der Waals surface area contributed by atoms with E-state index >= 15 is 0 Å². The number of hydrogen-bond donors (Lipinski definition) is 2. The highest BCUT2D eigenvalue weighted by atomic mass is 16.5. The molecule has 0 radical (unpaired) electrons. The Kier molecular flexibility index (Phi) is 9.22. The van der Waals surface area contributed by atoms with E-state index in [-0.39, 0.29) is 17.6 Å². The summed E-state index contributed by atoms with van der Waals surface area (Å²) >= 11 is 0. The third kappa shape index (κ3) is 7.49. The molecule has 0 bridgehead atoms. The van der Waals surface area contributed by atoms with Gasteiger partial charge < -0.3 is 20.1 Å². The second kappa shape index (κ2) is 11.4. The van der Waals surface area contributed by atoms with E-state index in [1.807, 2.05) is 18.2 Å². The molecule has 0 saturated heterocycles. The number of Topliss-reactive ketones (excluding diaryl/α,β-unsaturated/α-hetero) is 1. The van der Waals surface area contributed by atoms with Crippen LogP contribution in [-0.2, 0) is 9.59 Å². The Bertz CT molecular complexity index is 833. The predicted octanol–water partition coefficient (Wildman–Crippen LogP) is 3.90. The van der Waals surface area contributed by atoms with E-state index in [1.165, 1.54) is 21.0 Å². The minimum absolute atomic E-state index is 0.00796. The summed E-state index contributed by atoms with van der Waals surface area (Å²) in [6, 6.07) is 12.2. The molecule has 2 aromatic carbocycles. The molecule has 2 aromatic rings. The number of nitrogens with one attached hydrogen (secondary N) is 2. The molecule has 0 fully saturated rings. The molecular weight excluding hydrogens is 360 g/mol. The third-order valence-corrected chi connectivity index (χ3v) is 3.55. The topological polar surface area (TPSA) is 93.7 Å². The van der Waals surface area contributed by atoms with Gasteiger partial charge in [0.15, 0.2) is 5.78 Å². The van der Waals surface area contributed by atoms with Gasteiger partial charge in [0, 0.05) is 43.7 Å². The van der Waals surface area contributed by atoms with E-state index in [1.54, 1.807) is 38.3 Å². The maximum Gasteiger partial charge on any atom is 0.221 e. The maximum atomic E-state index is 11.6. The lowest BCUT2D eigenvalue weighted by Crippen LogP contribution is -2.10. The predicted molar refractivity (Wildman–Crippen MR) is 109 cm³/mol. The molecule has 2 N–H and O–H groups in total. The molecule has 7 nitrogen and oxygen atoms in total. The monoisotopic (exact) mass is 386 g/mol. The van der Waals surface area contributed by atoms with Crippen LogP contribution in [0.25, 0.3) is 0 Å². The normalized spacial score (nSPS) is 9.46. The van der Waals surface area contributed by atoms with E-state index < -0.39 is 0 Å². The minimum Gasteiger partial charge on any atom is -0.497 e. The molecule has 0 heterocycles. The van der Waals surface area contributed by atoms with Crippen LogP contribution in [0.15, 0.2) is 42.5 Å². The van der Waals surface area contributed by atoms with Gasteiger partial charge in [-0.2, -0.15) is 0 Å². The summed E-state index contributed by atoms with van der Waals surface area (Å²) in [6.45, 7) is 4.66. The molecule has 0 aliphatic heterocycles. The van der Waals surface area contributed by atoms with Crippen molar-refractivity contribution in [2.45, 2.75) is 27.2 Å². The lowest BCUT2D eigenvalue weighted by molar-refractivity contribution is -0.115. The fourth-order valence-electron chi connectivity index (χ4n) is 2.28. The Morgan fingerprint density at radius 3 is 2.00 bits per heavy atom. The van der Waals surface area contributed by atoms with E-state index in [2.05, 4.69) is 10.6 Å². The van der Waals surface area contributed by atoms with Crippen LogP contribution in [0.2, 0.25) is 0 Å². The van der Waals surface area contributed by atoms with E-state index in [0.29, 0.717) is 23.4 Å². The average molecular weight is 386 g/mol. The molecule has 0 unspecified atom stereocenters. The Morgan fingerprint density at radius 1 is 0.857 bits per heavy atom. The van der Waals surface area contributed by atoms with Crippen molar-refractivity contribution >= 4 is 29.0 Å². The van der Waals surface area contributed by atoms with Crippen molar-refractivity contribution in [3.05, 3.63) is 48.0 Å². The van der Waals surface area contributed by atoms with Crippen molar-refractivity contribution in [2.75, 3.05) is 24.9 Å². The molecule has 0 aromatic heterocycles. The quantitative estimate of drug-likeness (QED) is 0.735. The number of ether oxygens (including phenoxy) is 2. The summed E-state index contributed by atoms with van der Waals surface area (Å²) in [5, 5.41) is 5.28. The Balaban J connectivity index is 0.000000292. The molecule has 2 amide bonds. The Labute approximate surface area is 165 Å². The van der Waals surface area contributed by atoms with Gasteiger partial charge in [-0.1, -0.05) is 13.0 Å². The van der Waals surface area contributed by atoms with Crippen molar-refractivity contribution < 1.29 is 23.9 Å². The largest absolute Gasteiger partial charge is 0.497 e. The molecule has 0 saturated carbocycles. The molecule has 150 valence electrons. The van der Waals surface area contributed by atoms with Crippen molar-refractivity contribution in [1.29, 1.82) is 0 Å². The summed E-state index contributed by atoms with van der Waals surface area (Å²) in [5.74, 6) is 1.05. The van der Waals surface area contributed by atoms with Crippen LogP contribution in [0.4, 0.5) is 11.4 Å². The highest BCUT2D eigenvalue weighted by molar-refractivity contribution is 6.04. The second-order valence-corrected chi connectivity index (χ2v) is 5.78. The van der Waals surface area contributed by atoms with Crippen LogP contribution in [0, 0.1) is 0 Å². The Morgan fingerprint density at radius 2 is 1.46 bits per heavy atom. The summed E-state index contributed by atoms with van der Waals surface area (Å²) in [5.41, 5.74) is 1.76. The van der Waals surface area contributed by atoms with Gasteiger partial charge in [-0.3, -0.25) is 14.4 Å². The van der Waals surface area contributed by atoms with E-state index in [0.717, 1.165) is 11.4 Å². The number of anilines is 2. The summed E-state index contributed by atoms with van der Waals surface area (Å²) in [7, 11) is 3.13. The van der Waals surface area contributed by atoms with Crippen LogP contribution in [0.5, 0.6) is 11.5 Å². The second-order valence-electron chi connectivity index (χ2n) is 5.78. The lowest BCUT2D eigenvalue weighted by Gasteiger charge is -2.10. The summed E-state index contributed by atoms with van der Waals surface area (Å²) < 4.78 is 10.0. The molecule has 0 spiro atoms. The van der Waals surface area contributed by atoms with Gasteiger partial charge in [-0.05, 0) is 24.3 Å². The highest BCUT2D eigenvalue weighted by Crippen LogP contribution is 2.23. The van der Waals surface area contributed by atoms with Crippen molar-refractivity contribution in [1.82, 2.24) is 0 Å². The molecule has 0 aliphatic carbocycles. The van der Waals surface area contributed by atoms with Crippen molar-refractivity contribution in [3.8, 4) is 11.5 Å². The summed E-state index contributed by atoms with van der Waals surface area (Å²) in [6.07, 6.45) is 0.402. The van der Waals surface area contributed by atoms with Crippen molar-refractivity contribution in [2.24, 2.45) is 0 Å². The van der Waals surface area contributed by atoms with Gasteiger partial charge in [0.2, 0.25) is 11.8 Å². The smallest absolute Gasteiger partial charge is 0.221 e. The SMILES string of the molecule is CCC(=O)c1ccc(OC)cc1NC(C)=O.COc1cccc(NC(C)=O)c1. The van der Waals surface area contributed by atoms with Crippen LogP contribution < -0.4 is 20.1 Å². The van der Waals surface area contributed by atoms with Crippen molar-refractivity contribution in [3.63, 3.8) is 0 Å². The van der Waals surface area contributed by atoms with Gasteiger partial charge in [-0.15, -0.1) is 0 Å². The van der Waals surface area contributed by atoms with E-state index in [9.17, 15) is 14.4 Å². The zero-order chi connectivity index (χ0) is 21.1. The van der Waals surface area contributed by atoms with E-state index in [4.69, 9.17) is 9.47 Å². The third-order valence-electron chi connectivity index (χ3n) is 3.55. The van der Waals surface area contributed by atoms with Gasteiger partial charge >= 0.3 is 0 Å². The van der Waals surface area contributed by atoms with Crippen LogP contribution >= 0.6 is 0 Å². The number of rotatable bonds is 6. The number of methoxy groups -OCH3 is 2. The maximum absolute atomic E-state index is 11.6. The first-order valence-electron chi connectivity index (χ1n) is 8.71. The molecule has 2 rings (SSSR count). The number of hydrogen-bond acceptors (Lipinski definition) is 5. The summed E-state index contributed by atoms with van der Waals surface area (Å²) in [4.78, 5) is 33.3. The zero-order valence-electron chi connectivity index (χ0n) is 16.8. The number of ketones is 1. The average Bonchev–Trinajstić information content (AvgIpc) is 2.67. The van der Waals surface area contributed by atoms with Gasteiger partial charge in [0.1, 0.15) is 11.5 Å². The van der Waals surface area contributed by atoms with Gasteiger partial charge in [0.05, 0.1) is 19.9 Å². The Hall–Kier alpha value is -3.35.